The summed E-state index contributed by atoms with van der Waals surface area (Å²) in [5.41, 5.74) is 4.48. The molecule has 1 aliphatic rings. The lowest BCUT2D eigenvalue weighted by molar-refractivity contribution is -0.121. The number of piperidine rings is 1. The SMILES string of the molecule is Cc1ccc(-c2nc3cc(F)ccc3n2C)cc1NC(=O)C1CCN(C(=O)c2cccnc2)CC1. The van der Waals surface area contributed by atoms with Crippen LogP contribution in [0, 0.1) is 18.7 Å². The molecule has 2 amide bonds. The van der Waals surface area contributed by atoms with Gasteiger partial charge in [0.15, 0.2) is 0 Å². The molecule has 0 unspecified atom stereocenters. The Morgan fingerprint density at radius 1 is 1.09 bits per heavy atom. The molecule has 5 rings (SSSR count). The summed E-state index contributed by atoms with van der Waals surface area (Å²) in [6.45, 7) is 3.00. The third-order valence-corrected chi connectivity index (χ3v) is 6.66. The van der Waals surface area contributed by atoms with Crippen molar-refractivity contribution in [3.8, 4) is 11.4 Å². The summed E-state index contributed by atoms with van der Waals surface area (Å²) in [7, 11) is 1.89. The molecule has 2 aromatic heterocycles. The Kier molecular flexibility index (Phi) is 6.03. The molecule has 3 heterocycles. The summed E-state index contributed by atoms with van der Waals surface area (Å²) >= 11 is 0. The first kappa shape index (κ1) is 22.7. The van der Waals surface area contributed by atoms with Crippen LogP contribution in [0.1, 0.15) is 28.8 Å². The fourth-order valence-corrected chi connectivity index (χ4v) is 4.58. The van der Waals surface area contributed by atoms with E-state index >= 15 is 0 Å². The highest BCUT2D eigenvalue weighted by molar-refractivity contribution is 5.96. The first-order valence-electron chi connectivity index (χ1n) is 11.6. The van der Waals surface area contributed by atoms with E-state index in [-0.39, 0.29) is 23.5 Å². The largest absolute Gasteiger partial charge is 0.339 e. The van der Waals surface area contributed by atoms with Gasteiger partial charge in [-0.15, -0.1) is 0 Å². The molecule has 0 aliphatic carbocycles. The van der Waals surface area contributed by atoms with Gasteiger partial charge in [-0.25, -0.2) is 9.37 Å². The number of hydrogen-bond acceptors (Lipinski definition) is 4. The van der Waals surface area contributed by atoms with Crippen molar-refractivity contribution in [1.29, 1.82) is 0 Å². The van der Waals surface area contributed by atoms with Gasteiger partial charge in [0.25, 0.3) is 5.91 Å². The Hall–Kier alpha value is -4.07. The number of anilines is 1. The number of aryl methyl sites for hydroxylation is 2. The van der Waals surface area contributed by atoms with Gasteiger partial charge in [0, 0.05) is 55.8 Å². The second-order valence-corrected chi connectivity index (χ2v) is 8.95. The third kappa shape index (κ3) is 4.51. The first-order chi connectivity index (χ1) is 16.9. The van der Waals surface area contributed by atoms with Crippen LogP contribution >= 0.6 is 0 Å². The van der Waals surface area contributed by atoms with E-state index in [1.54, 1.807) is 35.5 Å². The molecule has 35 heavy (non-hydrogen) atoms. The van der Waals surface area contributed by atoms with Crippen molar-refractivity contribution in [2.24, 2.45) is 13.0 Å². The molecule has 1 aliphatic heterocycles. The van der Waals surface area contributed by atoms with Crippen LogP contribution in [0.15, 0.2) is 60.9 Å². The first-order valence-corrected chi connectivity index (χ1v) is 11.6. The molecule has 0 radical (unpaired) electrons. The number of carbonyl (C=O) groups excluding carboxylic acids is 2. The van der Waals surface area contributed by atoms with Gasteiger partial charge in [-0.2, -0.15) is 0 Å². The number of pyridine rings is 1. The van der Waals surface area contributed by atoms with Crippen LogP contribution in [0.5, 0.6) is 0 Å². The van der Waals surface area contributed by atoms with Crippen LogP contribution < -0.4 is 5.32 Å². The molecule has 8 heteroatoms. The quantitative estimate of drug-likeness (QED) is 0.473. The maximum atomic E-state index is 13.7. The molecule has 2 aromatic carbocycles. The lowest BCUT2D eigenvalue weighted by Gasteiger charge is -2.31. The summed E-state index contributed by atoms with van der Waals surface area (Å²) in [6.07, 6.45) is 4.41. The van der Waals surface area contributed by atoms with E-state index in [1.165, 1.54) is 12.1 Å². The minimum Gasteiger partial charge on any atom is -0.339 e. The lowest BCUT2D eigenvalue weighted by Crippen LogP contribution is -2.41. The number of hydrogen-bond donors (Lipinski definition) is 1. The molecule has 0 bridgehead atoms. The van der Waals surface area contributed by atoms with Crippen LogP contribution in [0.25, 0.3) is 22.4 Å². The fourth-order valence-electron chi connectivity index (χ4n) is 4.58. The Bertz CT molecular complexity index is 1410. The average molecular weight is 472 g/mol. The number of nitrogens with zero attached hydrogens (tertiary/aromatic N) is 4. The van der Waals surface area contributed by atoms with Gasteiger partial charge in [0.1, 0.15) is 11.6 Å². The maximum absolute atomic E-state index is 13.7. The molecular weight excluding hydrogens is 445 g/mol. The highest BCUT2D eigenvalue weighted by atomic mass is 19.1. The number of halogens is 1. The van der Waals surface area contributed by atoms with Gasteiger partial charge in [0.05, 0.1) is 16.6 Å². The Labute approximate surface area is 202 Å². The summed E-state index contributed by atoms with van der Waals surface area (Å²) in [6, 6.07) is 13.9. The fraction of sp³-hybridized carbons (Fsp3) is 0.259. The summed E-state index contributed by atoms with van der Waals surface area (Å²) in [4.78, 5) is 36.1. The molecule has 0 saturated carbocycles. The molecule has 4 aromatic rings. The van der Waals surface area contributed by atoms with Crippen LogP contribution in [0.2, 0.25) is 0 Å². The topological polar surface area (TPSA) is 80.1 Å². The van der Waals surface area contributed by atoms with Crippen molar-refractivity contribution < 1.29 is 14.0 Å². The minimum absolute atomic E-state index is 0.0502. The van der Waals surface area contributed by atoms with Crippen LogP contribution in [0.4, 0.5) is 10.1 Å². The van der Waals surface area contributed by atoms with E-state index in [4.69, 9.17) is 0 Å². The summed E-state index contributed by atoms with van der Waals surface area (Å²) in [5, 5.41) is 3.08. The Morgan fingerprint density at radius 2 is 1.89 bits per heavy atom. The van der Waals surface area contributed by atoms with Gasteiger partial charge in [0.2, 0.25) is 5.91 Å². The van der Waals surface area contributed by atoms with Crippen molar-refractivity contribution in [2.75, 3.05) is 18.4 Å². The van der Waals surface area contributed by atoms with E-state index in [9.17, 15) is 14.0 Å². The maximum Gasteiger partial charge on any atom is 0.255 e. The zero-order chi connectivity index (χ0) is 24.5. The van der Waals surface area contributed by atoms with Crippen molar-refractivity contribution in [2.45, 2.75) is 19.8 Å². The number of amides is 2. The molecule has 1 N–H and O–H groups in total. The predicted molar refractivity (Wildman–Crippen MR) is 132 cm³/mol. The number of nitrogens with one attached hydrogen (secondary N) is 1. The van der Waals surface area contributed by atoms with Crippen molar-refractivity contribution >= 4 is 28.5 Å². The van der Waals surface area contributed by atoms with Gasteiger partial charge in [-0.1, -0.05) is 12.1 Å². The average Bonchev–Trinajstić information content (AvgIpc) is 3.20. The van der Waals surface area contributed by atoms with Crippen LogP contribution in [-0.2, 0) is 11.8 Å². The number of benzene rings is 2. The number of aromatic nitrogens is 3. The van der Waals surface area contributed by atoms with Gasteiger partial charge < -0.3 is 14.8 Å². The standard InChI is InChI=1S/C27H26FN5O2/c1-17-5-6-19(25-30-23-15-21(28)7-8-24(23)32(25)2)14-22(17)31-26(34)18-9-12-33(13-10-18)27(35)20-4-3-11-29-16-20/h3-8,11,14-16,18H,9-10,12-13H2,1-2H3,(H,31,34). The number of carbonyl (C=O) groups is 2. The highest BCUT2D eigenvalue weighted by Gasteiger charge is 2.28. The van der Waals surface area contributed by atoms with Gasteiger partial charge in [-0.3, -0.25) is 14.6 Å². The van der Waals surface area contributed by atoms with Crippen molar-refractivity contribution in [1.82, 2.24) is 19.4 Å². The van der Waals surface area contributed by atoms with Crippen molar-refractivity contribution in [3.05, 3.63) is 77.9 Å². The number of likely N-dealkylation sites (tertiary alicyclic amines) is 1. The summed E-state index contributed by atoms with van der Waals surface area (Å²) < 4.78 is 15.6. The molecule has 1 fully saturated rings. The van der Waals surface area contributed by atoms with E-state index in [0.717, 1.165) is 22.3 Å². The smallest absolute Gasteiger partial charge is 0.255 e. The molecule has 178 valence electrons. The third-order valence-electron chi connectivity index (χ3n) is 6.66. The van der Waals surface area contributed by atoms with E-state index in [1.807, 2.05) is 36.7 Å². The molecule has 7 nitrogen and oxygen atoms in total. The second-order valence-electron chi connectivity index (χ2n) is 8.95. The Morgan fingerprint density at radius 3 is 2.63 bits per heavy atom. The predicted octanol–water partition coefficient (Wildman–Crippen LogP) is 4.57. The highest BCUT2D eigenvalue weighted by Crippen LogP contribution is 2.29. The Balaban J connectivity index is 1.29. The minimum atomic E-state index is -0.327. The number of rotatable bonds is 4. The number of fused-ring (bicyclic) bond motifs is 1. The molecule has 1 saturated heterocycles. The lowest BCUT2D eigenvalue weighted by atomic mass is 9.95. The van der Waals surface area contributed by atoms with Gasteiger partial charge in [-0.05, 0) is 55.7 Å². The summed E-state index contributed by atoms with van der Waals surface area (Å²) in [5.74, 6) is 0.0962. The van der Waals surface area contributed by atoms with E-state index < -0.39 is 0 Å². The van der Waals surface area contributed by atoms with Crippen LogP contribution in [0.3, 0.4) is 0 Å². The van der Waals surface area contributed by atoms with Crippen molar-refractivity contribution in [3.63, 3.8) is 0 Å². The van der Waals surface area contributed by atoms with E-state index in [2.05, 4.69) is 15.3 Å². The monoisotopic (exact) mass is 471 g/mol. The van der Waals surface area contributed by atoms with Crippen LogP contribution in [-0.4, -0.2) is 44.3 Å². The molecule has 0 spiro atoms. The normalized spacial score (nSPS) is 14.3. The van der Waals surface area contributed by atoms with E-state index in [0.29, 0.717) is 42.8 Å². The van der Waals surface area contributed by atoms with Gasteiger partial charge >= 0.3 is 0 Å². The second kappa shape index (κ2) is 9.29. The zero-order valence-corrected chi connectivity index (χ0v) is 19.7. The molecular formula is C27H26FN5O2. The number of imidazole rings is 1. The zero-order valence-electron chi connectivity index (χ0n) is 19.7. The molecule has 0 atom stereocenters.